The first kappa shape index (κ1) is 40.7. The van der Waals surface area contributed by atoms with Crippen LogP contribution in [0.5, 0.6) is 0 Å². The molecule has 0 aliphatic carbocycles. The summed E-state index contributed by atoms with van der Waals surface area (Å²) < 4.78 is 39.4. The summed E-state index contributed by atoms with van der Waals surface area (Å²) in [5, 5.41) is 0. The Morgan fingerprint density at radius 1 is 0.413 bits per heavy atom. The van der Waals surface area contributed by atoms with Crippen molar-refractivity contribution in [1.29, 1.82) is 0 Å². The Balaban J connectivity index is 0.000000402. The molecule has 12 heteroatoms. The smallest absolute Gasteiger partial charge is 0.169 e. The summed E-state index contributed by atoms with van der Waals surface area (Å²) in [5.41, 5.74) is 16.8. The minimum Gasteiger partial charge on any atom is -0.744 e. The number of pyridine rings is 4. The van der Waals surface area contributed by atoms with Crippen molar-refractivity contribution in [3.8, 4) is 44.5 Å². The van der Waals surface area contributed by atoms with Gasteiger partial charge in [-0.2, -0.15) is 0 Å². The van der Waals surface area contributed by atoms with Crippen LogP contribution in [0.2, 0.25) is 0 Å². The number of aromatic nitrogens is 8. The normalized spacial score (nSPS) is 12.0. The number of hydrogen-bond donors (Lipinski definition) is 2. The maximum atomic E-state index is 10.4. The Bertz CT molecular complexity index is 3000. The van der Waals surface area contributed by atoms with E-state index in [1.807, 2.05) is 53.4 Å². The molecule has 0 radical (unpaired) electrons. The van der Waals surface area contributed by atoms with E-state index in [4.69, 9.17) is 9.97 Å². The van der Waals surface area contributed by atoms with Crippen molar-refractivity contribution in [2.24, 2.45) is 28.2 Å². The lowest BCUT2D eigenvalue weighted by Gasteiger charge is -2.06. The predicted octanol–water partition coefficient (Wildman–Crippen LogP) is 7.52. The molecule has 8 aromatic rings. The molecule has 2 N–H and O–H groups in total. The highest BCUT2D eigenvalue weighted by Gasteiger charge is 2.20. The van der Waals surface area contributed by atoms with Gasteiger partial charge >= 0.3 is 0 Å². The molecule has 10 rings (SSSR count). The summed E-state index contributed by atoms with van der Waals surface area (Å²) in [4.78, 5) is 18.3. The molecular weight excluding hydrogens is 805 g/mol. The van der Waals surface area contributed by atoms with Crippen LogP contribution in [0.25, 0.3) is 90.9 Å². The number of nitrogens with zero attached hydrogens (tertiary/aromatic N) is 6. The quantitative estimate of drug-likeness (QED) is 0.137. The maximum absolute atomic E-state index is 10.4. The second-order valence-corrected chi connectivity index (χ2v) is 17.2. The largest absolute Gasteiger partial charge is 0.744 e. The molecule has 9 heterocycles. The maximum Gasteiger partial charge on any atom is 0.169 e. The molecule has 1 aromatic carbocycles. The van der Waals surface area contributed by atoms with Gasteiger partial charge in [-0.1, -0.05) is 17.7 Å². The molecule has 0 amide bonds. The molecule has 0 saturated carbocycles. The van der Waals surface area contributed by atoms with Gasteiger partial charge in [-0.05, 0) is 89.9 Å². The van der Waals surface area contributed by atoms with Gasteiger partial charge < -0.3 is 14.5 Å². The van der Waals surface area contributed by atoms with Gasteiger partial charge in [0.15, 0.2) is 49.6 Å². The van der Waals surface area contributed by atoms with E-state index >= 15 is 0 Å². The molecule has 0 fully saturated rings. The average Bonchev–Trinajstić information content (AvgIpc) is 4.12. The summed E-state index contributed by atoms with van der Waals surface area (Å²) >= 11 is 0. The number of rotatable bonds is 5. The van der Waals surface area contributed by atoms with Crippen LogP contribution in [-0.4, -0.2) is 32.9 Å². The van der Waals surface area contributed by atoms with E-state index in [1.54, 1.807) is 12.1 Å². The molecule has 0 unspecified atom stereocenters. The van der Waals surface area contributed by atoms with E-state index in [0.29, 0.717) is 0 Å². The summed E-state index contributed by atoms with van der Waals surface area (Å²) in [6.45, 7) is 1.82. The highest BCUT2D eigenvalue weighted by Crippen LogP contribution is 2.38. The van der Waals surface area contributed by atoms with E-state index in [0.717, 1.165) is 94.9 Å². The Labute approximate surface area is 365 Å². The first-order valence-electron chi connectivity index (χ1n) is 20.4. The minimum atomic E-state index is -4.27. The molecule has 0 atom stereocenters. The lowest BCUT2D eigenvalue weighted by atomic mass is 10.0. The van der Waals surface area contributed by atoms with Crippen LogP contribution < -0.4 is 18.3 Å². The van der Waals surface area contributed by atoms with E-state index in [2.05, 4.69) is 157 Å². The molecule has 2 aliphatic rings. The van der Waals surface area contributed by atoms with E-state index in [9.17, 15) is 13.0 Å². The monoisotopic (exact) mass is 849 g/mol. The van der Waals surface area contributed by atoms with Crippen molar-refractivity contribution in [3.05, 3.63) is 175 Å². The Kier molecular flexibility index (Phi) is 10.8. The van der Waals surface area contributed by atoms with Gasteiger partial charge in [0.1, 0.15) is 38.3 Å². The highest BCUT2D eigenvalue weighted by molar-refractivity contribution is 7.85. The lowest BCUT2D eigenvalue weighted by Crippen LogP contribution is -2.25. The lowest BCUT2D eigenvalue weighted by molar-refractivity contribution is -0.671. The number of benzene rings is 1. The Morgan fingerprint density at radius 2 is 0.667 bits per heavy atom. The molecule has 310 valence electrons. The van der Waals surface area contributed by atoms with Gasteiger partial charge in [0.25, 0.3) is 0 Å². The van der Waals surface area contributed by atoms with Crippen LogP contribution in [0.4, 0.5) is 0 Å². The molecule has 2 aliphatic heterocycles. The average molecular weight is 850 g/mol. The molecule has 0 saturated heterocycles. The number of H-pyrrole nitrogens is 2. The molecule has 63 heavy (non-hydrogen) atoms. The van der Waals surface area contributed by atoms with Crippen molar-refractivity contribution in [2.75, 3.05) is 0 Å². The predicted molar refractivity (Wildman–Crippen MR) is 244 cm³/mol. The second-order valence-electron chi connectivity index (χ2n) is 15.8. The highest BCUT2D eigenvalue weighted by atomic mass is 32.2. The van der Waals surface area contributed by atoms with Crippen LogP contribution in [0.1, 0.15) is 28.3 Å². The molecule has 0 spiro atoms. The fourth-order valence-corrected chi connectivity index (χ4v) is 8.27. The van der Waals surface area contributed by atoms with Gasteiger partial charge in [0, 0.05) is 92.9 Å². The third-order valence-corrected chi connectivity index (χ3v) is 12.0. The van der Waals surface area contributed by atoms with Crippen LogP contribution in [-0.2, 0) is 38.3 Å². The zero-order valence-electron chi connectivity index (χ0n) is 35.5. The summed E-state index contributed by atoms with van der Waals surface area (Å²) in [6.07, 6.45) is 25.2. The molecule has 7 aromatic heterocycles. The van der Waals surface area contributed by atoms with Gasteiger partial charge in [-0.25, -0.2) is 36.7 Å². The zero-order valence-corrected chi connectivity index (χ0v) is 36.3. The van der Waals surface area contributed by atoms with Crippen molar-refractivity contribution in [2.45, 2.75) is 11.8 Å². The molecule has 8 bridgehead atoms. The molecular formula is C51H45N8O3S+3. The standard InChI is InChI=1S/C44H37N8.C7H8O3S/c1-49-21-13-29(14-22-49)41-33-5-7-35(45-33)42(30-15-23-50(2)24-16-30)37-9-11-39(47-37)44(32-19-27-52(4)28-20-32)40-12-10-38(48-40)43(36-8-6-34(41)46-36)31-17-25-51(3)26-18-31;1-6-2-4-7(5-3-6)11(8,9)10/h5-28H,1-4H3,(H,45,46,47,48);2-5H,1H3,(H,8,9,10)/q+3;. The Hall–Kier alpha value is -7.67. The van der Waals surface area contributed by atoms with Crippen LogP contribution in [0, 0.1) is 6.92 Å². The summed E-state index contributed by atoms with van der Waals surface area (Å²) in [6, 6.07) is 31.6. The first-order chi connectivity index (χ1) is 30.4. The second kappa shape index (κ2) is 16.7. The van der Waals surface area contributed by atoms with Gasteiger partial charge in [-0.3, -0.25) is 0 Å². The Morgan fingerprint density at radius 3 is 0.905 bits per heavy atom. The SMILES string of the molecule is C[n+]1ccc(-c2c3nc(c(-c4cc[n+](C)cc4)c4ccc([nH]4)c(-c4cc[n+](C)cc4)c4nc(c(-c5cc[n+](C)cc5)c5ccc2[nH]5)C=C4)C=C3)cc1.Cc1ccc(S(=O)(=O)[O-])cc1. The topological polar surface area (TPSA) is 130 Å². The van der Waals surface area contributed by atoms with Crippen molar-refractivity contribution in [3.63, 3.8) is 0 Å². The van der Waals surface area contributed by atoms with E-state index < -0.39 is 10.1 Å². The van der Waals surface area contributed by atoms with E-state index in [1.165, 1.54) is 12.1 Å². The minimum absolute atomic E-state index is 0.178. The third-order valence-electron chi connectivity index (χ3n) is 11.1. The van der Waals surface area contributed by atoms with Crippen molar-refractivity contribution in [1.82, 2.24) is 19.9 Å². The van der Waals surface area contributed by atoms with Crippen LogP contribution in [0.3, 0.4) is 0 Å². The van der Waals surface area contributed by atoms with Crippen molar-refractivity contribution >= 4 is 56.5 Å². The van der Waals surface area contributed by atoms with Gasteiger partial charge in [0.05, 0.1) is 27.7 Å². The van der Waals surface area contributed by atoms with Gasteiger partial charge in [0.2, 0.25) is 0 Å². The van der Waals surface area contributed by atoms with Crippen molar-refractivity contribution < 1.29 is 31.2 Å². The summed E-state index contributed by atoms with van der Waals surface area (Å²) in [7, 11) is 3.87. The number of fused-ring (bicyclic) bond motifs is 8. The number of hydrogen-bond acceptors (Lipinski definition) is 5. The molecule has 11 nitrogen and oxygen atoms in total. The first-order valence-corrected chi connectivity index (χ1v) is 21.8. The summed E-state index contributed by atoms with van der Waals surface area (Å²) in [5.74, 6) is 0. The van der Waals surface area contributed by atoms with Crippen LogP contribution >= 0.6 is 0 Å². The number of aromatic amines is 2. The number of nitrogens with one attached hydrogen (secondary N) is 2. The fourth-order valence-electron chi connectivity index (χ4n) is 7.80. The van der Waals surface area contributed by atoms with Gasteiger partial charge in [-0.15, -0.1) is 0 Å². The van der Waals surface area contributed by atoms with E-state index in [-0.39, 0.29) is 4.90 Å². The zero-order chi connectivity index (χ0) is 43.8. The third kappa shape index (κ3) is 8.50. The number of aryl methyl sites for hydroxylation is 5. The van der Waals surface area contributed by atoms with Crippen LogP contribution in [0.15, 0.2) is 152 Å². The fraction of sp³-hybridized carbons (Fsp3) is 0.0980.